The van der Waals surface area contributed by atoms with Gasteiger partial charge in [0, 0.05) is 32.1 Å². The summed E-state index contributed by atoms with van der Waals surface area (Å²) < 4.78 is 37.7. The molecule has 0 aromatic carbocycles. The van der Waals surface area contributed by atoms with Crippen molar-refractivity contribution < 1.29 is 13.2 Å². The molecule has 26 heavy (non-hydrogen) atoms. The van der Waals surface area contributed by atoms with Gasteiger partial charge in [0.05, 0.1) is 6.54 Å². The van der Waals surface area contributed by atoms with Crippen molar-refractivity contribution >= 4 is 17.3 Å². The van der Waals surface area contributed by atoms with Gasteiger partial charge in [0.15, 0.2) is 11.7 Å². The minimum absolute atomic E-state index is 0.224. The van der Waals surface area contributed by atoms with Gasteiger partial charge in [-0.1, -0.05) is 13.8 Å². The van der Waals surface area contributed by atoms with Crippen molar-refractivity contribution in [3.63, 3.8) is 0 Å². The highest BCUT2D eigenvalue weighted by molar-refractivity contribution is 7.09. The number of nitrogens with zero attached hydrogens (tertiary/aromatic N) is 3. The third-order valence-corrected chi connectivity index (χ3v) is 5.21. The molecule has 2 N–H and O–H groups in total. The van der Waals surface area contributed by atoms with E-state index in [4.69, 9.17) is 0 Å². The standard InChI is InChI=1S/C17H28F3N5S/c1-12-7-13(2)10-25(9-12)6-4-5-22-16(21-3)23-8-15-24-14(11-26-15)17(18,19)20/h11-13H,4-10H2,1-3H3,(H2,21,22,23). The van der Waals surface area contributed by atoms with Crippen LogP contribution in [0.3, 0.4) is 0 Å². The normalized spacial score (nSPS) is 22.5. The summed E-state index contributed by atoms with van der Waals surface area (Å²) in [7, 11) is 1.65. The van der Waals surface area contributed by atoms with E-state index in [0.717, 1.165) is 61.2 Å². The van der Waals surface area contributed by atoms with Crippen LogP contribution in [-0.4, -0.2) is 49.1 Å². The lowest BCUT2D eigenvalue weighted by atomic mass is 9.92. The van der Waals surface area contributed by atoms with Crippen LogP contribution >= 0.6 is 11.3 Å². The SMILES string of the molecule is CN=C(NCCCN1CC(C)CC(C)C1)NCc1nc(C(F)(F)F)cs1. The molecule has 2 unspecified atom stereocenters. The fourth-order valence-electron chi connectivity index (χ4n) is 3.39. The van der Waals surface area contributed by atoms with Crippen molar-refractivity contribution in [3.05, 3.63) is 16.1 Å². The lowest BCUT2D eigenvalue weighted by Crippen LogP contribution is -2.41. The van der Waals surface area contributed by atoms with Gasteiger partial charge in [0.2, 0.25) is 0 Å². The molecule has 2 atom stereocenters. The predicted octanol–water partition coefficient (Wildman–Crippen LogP) is 3.19. The zero-order valence-electron chi connectivity index (χ0n) is 15.6. The molecule has 0 spiro atoms. The summed E-state index contributed by atoms with van der Waals surface area (Å²) in [6, 6.07) is 0. The van der Waals surface area contributed by atoms with Gasteiger partial charge in [-0.3, -0.25) is 4.99 Å². The Labute approximate surface area is 157 Å². The lowest BCUT2D eigenvalue weighted by molar-refractivity contribution is -0.140. The van der Waals surface area contributed by atoms with Crippen LogP contribution < -0.4 is 10.6 Å². The number of halogens is 3. The first kappa shape index (κ1) is 21.0. The first-order chi connectivity index (χ1) is 12.3. The Morgan fingerprint density at radius 2 is 2.00 bits per heavy atom. The Kier molecular flexibility index (Phi) is 7.69. The second-order valence-corrected chi connectivity index (χ2v) is 7.98. The number of aliphatic imine (C=N–C) groups is 1. The molecule has 0 bridgehead atoms. The molecule has 1 aliphatic heterocycles. The van der Waals surface area contributed by atoms with Crippen LogP contribution in [0.15, 0.2) is 10.4 Å². The second-order valence-electron chi connectivity index (χ2n) is 7.04. The quantitative estimate of drug-likeness (QED) is 0.444. The summed E-state index contributed by atoms with van der Waals surface area (Å²) >= 11 is 0.993. The molecule has 1 aromatic heterocycles. The molecule has 1 aliphatic rings. The summed E-state index contributed by atoms with van der Waals surface area (Å²) in [4.78, 5) is 10.2. The molecule has 2 heterocycles. The van der Waals surface area contributed by atoms with Crippen molar-refractivity contribution in [2.24, 2.45) is 16.8 Å². The molecule has 148 valence electrons. The van der Waals surface area contributed by atoms with E-state index in [1.54, 1.807) is 7.05 Å². The molecule has 1 aromatic rings. The molecule has 1 saturated heterocycles. The number of hydrogen-bond donors (Lipinski definition) is 2. The van der Waals surface area contributed by atoms with E-state index in [1.807, 2.05) is 0 Å². The van der Waals surface area contributed by atoms with Gasteiger partial charge in [-0.15, -0.1) is 11.3 Å². The summed E-state index contributed by atoms with van der Waals surface area (Å²) in [5.41, 5.74) is -0.841. The number of aromatic nitrogens is 1. The number of guanidine groups is 1. The molecular formula is C17H28F3N5S. The first-order valence-corrected chi connectivity index (χ1v) is 9.84. The van der Waals surface area contributed by atoms with Crippen LogP contribution in [0, 0.1) is 11.8 Å². The highest BCUT2D eigenvalue weighted by atomic mass is 32.1. The zero-order valence-corrected chi connectivity index (χ0v) is 16.4. The maximum atomic E-state index is 12.6. The number of piperidine rings is 1. The highest BCUT2D eigenvalue weighted by Gasteiger charge is 2.33. The van der Waals surface area contributed by atoms with Gasteiger partial charge in [0.25, 0.3) is 0 Å². The summed E-state index contributed by atoms with van der Waals surface area (Å²) in [5, 5.41) is 7.64. The third-order valence-electron chi connectivity index (χ3n) is 4.36. The first-order valence-electron chi connectivity index (χ1n) is 8.96. The summed E-state index contributed by atoms with van der Waals surface area (Å²) in [6.45, 7) is 8.95. The van der Waals surface area contributed by atoms with E-state index in [-0.39, 0.29) is 6.54 Å². The fraction of sp³-hybridized carbons (Fsp3) is 0.765. The highest BCUT2D eigenvalue weighted by Crippen LogP contribution is 2.29. The maximum Gasteiger partial charge on any atom is 0.434 e. The number of alkyl halides is 3. The van der Waals surface area contributed by atoms with E-state index in [9.17, 15) is 13.2 Å². The van der Waals surface area contributed by atoms with E-state index >= 15 is 0 Å². The predicted molar refractivity (Wildman–Crippen MR) is 99.3 cm³/mol. The number of nitrogens with one attached hydrogen (secondary N) is 2. The van der Waals surface area contributed by atoms with E-state index in [1.165, 1.54) is 6.42 Å². The Bertz CT molecular complexity index is 577. The molecule has 0 aliphatic carbocycles. The van der Waals surface area contributed by atoms with E-state index in [0.29, 0.717) is 11.0 Å². The molecular weight excluding hydrogens is 363 g/mol. The number of hydrogen-bond acceptors (Lipinski definition) is 4. The van der Waals surface area contributed by atoms with E-state index < -0.39 is 11.9 Å². The van der Waals surface area contributed by atoms with E-state index in [2.05, 4.69) is 39.4 Å². The zero-order chi connectivity index (χ0) is 19.2. The Morgan fingerprint density at radius 3 is 2.58 bits per heavy atom. The molecule has 0 radical (unpaired) electrons. The van der Waals surface area contributed by atoms with Crippen molar-refractivity contribution in [1.82, 2.24) is 20.5 Å². The average Bonchev–Trinajstić information content (AvgIpc) is 3.02. The number of thiazole rings is 1. The van der Waals surface area contributed by atoms with Crippen LogP contribution in [0.1, 0.15) is 37.4 Å². The molecule has 0 amide bonds. The molecule has 0 saturated carbocycles. The smallest absolute Gasteiger partial charge is 0.356 e. The Hall–Kier alpha value is -1.35. The second kappa shape index (κ2) is 9.55. The molecule has 1 fully saturated rings. The van der Waals surface area contributed by atoms with Gasteiger partial charge in [-0.25, -0.2) is 4.98 Å². The van der Waals surface area contributed by atoms with Crippen LogP contribution in [0.2, 0.25) is 0 Å². The van der Waals surface area contributed by atoms with Crippen molar-refractivity contribution in [3.8, 4) is 0 Å². The van der Waals surface area contributed by atoms with Crippen molar-refractivity contribution in [1.29, 1.82) is 0 Å². The van der Waals surface area contributed by atoms with Crippen molar-refractivity contribution in [2.45, 2.75) is 39.4 Å². The van der Waals surface area contributed by atoms with Crippen LogP contribution in [-0.2, 0) is 12.7 Å². The third kappa shape index (κ3) is 6.75. The van der Waals surface area contributed by atoms with Gasteiger partial charge >= 0.3 is 6.18 Å². The van der Waals surface area contributed by atoms with Gasteiger partial charge in [-0.2, -0.15) is 13.2 Å². The monoisotopic (exact) mass is 391 g/mol. The average molecular weight is 392 g/mol. The van der Waals surface area contributed by atoms with Gasteiger partial charge in [0.1, 0.15) is 5.01 Å². The molecule has 2 rings (SSSR count). The number of rotatable bonds is 6. The largest absolute Gasteiger partial charge is 0.434 e. The Balaban J connectivity index is 1.67. The fourth-order valence-corrected chi connectivity index (χ4v) is 4.13. The minimum Gasteiger partial charge on any atom is -0.356 e. The summed E-state index contributed by atoms with van der Waals surface area (Å²) in [6.07, 6.45) is -2.09. The number of likely N-dealkylation sites (tertiary alicyclic amines) is 1. The lowest BCUT2D eigenvalue weighted by Gasteiger charge is -2.35. The molecule has 5 nitrogen and oxygen atoms in total. The van der Waals surface area contributed by atoms with Crippen LogP contribution in [0.4, 0.5) is 13.2 Å². The minimum atomic E-state index is -4.39. The summed E-state index contributed by atoms with van der Waals surface area (Å²) in [5.74, 6) is 2.08. The Morgan fingerprint density at radius 1 is 1.31 bits per heavy atom. The van der Waals surface area contributed by atoms with Crippen molar-refractivity contribution in [2.75, 3.05) is 33.2 Å². The topological polar surface area (TPSA) is 52.6 Å². The van der Waals surface area contributed by atoms with Gasteiger partial charge in [-0.05, 0) is 31.2 Å². The van der Waals surface area contributed by atoms with Crippen LogP contribution in [0.25, 0.3) is 0 Å². The molecule has 9 heteroatoms. The van der Waals surface area contributed by atoms with Gasteiger partial charge < -0.3 is 15.5 Å². The maximum absolute atomic E-state index is 12.6. The van der Waals surface area contributed by atoms with Crippen LogP contribution in [0.5, 0.6) is 0 Å².